The fourth-order valence-electron chi connectivity index (χ4n) is 3.15. The maximum atomic E-state index is 12.9. The van der Waals surface area contributed by atoms with Crippen molar-refractivity contribution < 1.29 is 9.53 Å². The number of amides is 1. The highest BCUT2D eigenvalue weighted by molar-refractivity contribution is 8.00. The second-order valence-corrected chi connectivity index (χ2v) is 7.89. The summed E-state index contributed by atoms with van der Waals surface area (Å²) in [6, 6.07) is 10.2. The van der Waals surface area contributed by atoms with Crippen LogP contribution in [0, 0.1) is 0 Å². The van der Waals surface area contributed by atoms with Crippen LogP contribution in [-0.2, 0) is 16.1 Å². The summed E-state index contributed by atoms with van der Waals surface area (Å²) < 4.78 is 7.53. The molecular weight excluding hydrogens is 362 g/mol. The van der Waals surface area contributed by atoms with Gasteiger partial charge < -0.3 is 15.0 Å². The maximum absolute atomic E-state index is 12.9. The molecule has 2 heterocycles. The summed E-state index contributed by atoms with van der Waals surface area (Å²) >= 11 is 1.48. The molecule has 1 aromatic carbocycles. The standard InChI is InChI=1S/C19H25N5O2S/c1-2-24-18(23-10-12-26-13-11-23)21-22-19(24)27-16(14-6-4-3-5-7-14)17(25)20-15-8-9-15/h3-7,15-16H,2,8-13H2,1H3,(H,20,25)/t16-/m0/s1. The zero-order chi connectivity index (χ0) is 18.6. The SMILES string of the molecule is CCn1c(S[C@H](C(=O)NC2CC2)c2ccccc2)nnc1N1CCOCC1. The number of nitrogens with one attached hydrogen (secondary N) is 1. The van der Waals surface area contributed by atoms with Crippen LogP contribution >= 0.6 is 11.8 Å². The minimum absolute atomic E-state index is 0.0484. The van der Waals surface area contributed by atoms with E-state index in [-0.39, 0.29) is 11.2 Å². The predicted octanol–water partition coefficient (Wildman–Crippen LogP) is 2.25. The molecule has 1 saturated carbocycles. The van der Waals surface area contributed by atoms with Crippen LogP contribution in [0.1, 0.15) is 30.6 Å². The Labute approximate surface area is 163 Å². The zero-order valence-electron chi connectivity index (χ0n) is 15.5. The molecule has 1 aliphatic heterocycles. The van der Waals surface area contributed by atoms with Crippen LogP contribution in [0.2, 0.25) is 0 Å². The van der Waals surface area contributed by atoms with Crippen molar-refractivity contribution in [2.45, 2.75) is 42.8 Å². The van der Waals surface area contributed by atoms with E-state index in [0.29, 0.717) is 19.3 Å². The summed E-state index contributed by atoms with van der Waals surface area (Å²) in [4.78, 5) is 15.1. The lowest BCUT2D eigenvalue weighted by Gasteiger charge is -2.27. The summed E-state index contributed by atoms with van der Waals surface area (Å²) in [5.74, 6) is 0.907. The number of benzene rings is 1. The Morgan fingerprint density at radius 1 is 1.26 bits per heavy atom. The molecule has 2 aliphatic rings. The molecule has 4 rings (SSSR count). The van der Waals surface area contributed by atoms with Crippen molar-refractivity contribution in [3.05, 3.63) is 35.9 Å². The van der Waals surface area contributed by atoms with Crippen LogP contribution in [-0.4, -0.2) is 53.0 Å². The maximum Gasteiger partial charge on any atom is 0.238 e. The van der Waals surface area contributed by atoms with Crippen LogP contribution in [0.3, 0.4) is 0 Å². The Kier molecular flexibility index (Phi) is 5.63. The first-order valence-electron chi connectivity index (χ1n) is 9.54. The van der Waals surface area contributed by atoms with Gasteiger partial charge in [0.1, 0.15) is 5.25 Å². The summed E-state index contributed by atoms with van der Waals surface area (Å²) in [7, 11) is 0. The molecule has 1 aliphatic carbocycles. The molecule has 1 amide bonds. The Morgan fingerprint density at radius 2 is 2.00 bits per heavy atom. The van der Waals surface area contributed by atoms with Gasteiger partial charge in [0, 0.05) is 25.7 Å². The Bertz CT molecular complexity index is 772. The van der Waals surface area contributed by atoms with E-state index in [2.05, 4.69) is 31.9 Å². The smallest absolute Gasteiger partial charge is 0.238 e. The largest absolute Gasteiger partial charge is 0.378 e. The summed E-state index contributed by atoms with van der Waals surface area (Å²) in [6.07, 6.45) is 2.15. The molecule has 1 atom stereocenters. The molecule has 0 bridgehead atoms. The quantitative estimate of drug-likeness (QED) is 0.735. The second-order valence-electron chi connectivity index (χ2n) is 6.82. The van der Waals surface area contributed by atoms with Gasteiger partial charge in [0.2, 0.25) is 11.9 Å². The van der Waals surface area contributed by atoms with E-state index in [4.69, 9.17) is 4.74 Å². The summed E-state index contributed by atoms with van der Waals surface area (Å²) in [5.41, 5.74) is 0.985. The summed E-state index contributed by atoms with van der Waals surface area (Å²) in [6.45, 7) is 5.87. The van der Waals surface area contributed by atoms with Crippen molar-refractivity contribution in [3.63, 3.8) is 0 Å². The van der Waals surface area contributed by atoms with Crippen molar-refractivity contribution in [1.29, 1.82) is 0 Å². The Balaban J connectivity index is 1.58. The third-order valence-corrected chi connectivity index (χ3v) is 6.03. The first-order chi connectivity index (χ1) is 13.3. The number of carbonyl (C=O) groups is 1. The monoisotopic (exact) mass is 387 g/mol. The Hall–Kier alpha value is -2.06. The Morgan fingerprint density at radius 3 is 2.67 bits per heavy atom. The summed E-state index contributed by atoms with van der Waals surface area (Å²) in [5, 5.41) is 12.4. The number of hydrogen-bond acceptors (Lipinski definition) is 6. The molecule has 1 aromatic heterocycles. The molecular formula is C19H25N5O2S. The molecule has 0 radical (unpaired) electrons. The van der Waals surface area contributed by atoms with Gasteiger partial charge in [0.25, 0.3) is 0 Å². The molecule has 2 fully saturated rings. The normalized spacial score (nSPS) is 18.3. The molecule has 0 unspecified atom stereocenters. The van der Waals surface area contributed by atoms with E-state index in [0.717, 1.165) is 49.1 Å². The number of rotatable bonds is 7. The highest BCUT2D eigenvalue weighted by Crippen LogP contribution is 2.36. The van der Waals surface area contributed by atoms with E-state index in [9.17, 15) is 4.79 Å². The van der Waals surface area contributed by atoms with Gasteiger partial charge in [-0.3, -0.25) is 9.36 Å². The number of ether oxygens (including phenoxy) is 1. The topological polar surface area (TPSA) is 72.3 Å². The van der Waals surface area contributed by atoms with E-state index in [1.54, 1.807) is 0 Å². The number of aromatic nitrogens is 3. The van der Waals surface area contributed by atoms with Crippen LogP contribution in [0.4, 0.5) is 5.95 Å². The van der Waals surface area contributed by atoms with Gasteiger partial charge in [0.05, 0.1) is 13.2 Å². The fourth-order valence-corrected chi connectivity index (χ4v) is 4.26. The molecule has 0 spiro atoms. The molecule has 1 N–H and O–H groups in total. The van der Waals surface area contributed by atoms with Crippen molar-refractivity contribution >= 4 is 23.6 Å². The molecule has 7 nitrogen and oxygen atoms in total. The second kappa shape index (κ2) is 8.31. The van der Waals surface area contributed by atoms with Crippen molar-refractivity contribution in [2.75, 3.05) is 31.2 Å². The van der Waals surface area contributed by atoms with Crippen LogP contribution in [0.5, 0.6) is 0 Å². The third kappa shape index (κ3) is 4.27. The number of nitrogens with zero attached hydrogens (tertiary/aromatic N) is 4. The number of thioether (sulfide) groups is 1. The van der Waals surface area contributed by atoms with E-state index in [1.165, 1.54) is 11.8 Å². The highest BCUT2D eigenvalue weighted by Gasteiger charge is 2.31. The van der Waals surface area contributed by atoms with E-state index >= 15 is 0 Å². The van der Waals surface area contributed by atoms with Crippen molar-refractivity contribution in [2.24, 2.45) is 0 Å². The number of morpholine rings is 1. The highest BCUT2D eigenvalue weighted by atomic mass is 32.2. The van der Waals surface area contributed by atoms with Gasteiger partial charge >= 0.3 is 0 Å². The lowest BCUT2D eigenvalue weighted by molar-refractivity contribution is -0.120. The molecule has 27 heavy (non-hydrogen) atoms. The lowest BCUT2D eigenvalue weighted by atomic mass is 10.1. The molecule has 144 valence electrons. The fraction of sp³-hybridized carbons (Fsp3) is 0.526. The molecule has 1 saturated heterocycles. The van der Waals surface area contributed by atoms with E-state index < -0.39 is 0 Å². The number of anilines is 1. The third-order valence-electron chi connectivity index (χ3n) is 4.79. The van der Waals surface area contributed by atoms with Crippen molar-refractivity contribution in [3.8, 4) is 0 Å². The van der Waals surface area contributed by atoms with E-state index in [1.807, 2.05) is 30.3 Å². The molecule has 8 heteroatoms. The minimum Gasteiger partial charge on any atom is -0.378 e. The van der Waals surface area contributed by atoms with Crippen LogP contribution in [0.25, 0.3) is 0 Å². The lowest BCUT2D eigenvalue weighted by Crippen LogP contribution is -2.38. The van der Waals surface area contributed by atoms with Gasteiger partial charge in [-0.15, -0.1) is 10.2 Å². The van der Waals surface area contributed by atoms with Gasteiger partial charge in [-0.05, 0) is 25.3 Å². The molecule has 2 aromatic rings. The zero-order valence-corrected chi connectivity index (χ0v) is 16.3. The first-order valence-corrected chi connectivity index (χ1v) is 10.4. The first kappa shape index (κ1) is 18.3. The average molecular weight is 388 g/mol. The minimum atomic E-state index is -0.334. The van der Waals surface area contributed by atoms with Gasteiger partial charge in [0.15, 0.2) is 5.16 Å². The predicted molar refractivity (Wildman–Crippen MR) is 105 cm³/mol. The van der Waals surface area contributed by atoms with Crippen LogP contribution in [0.15, 0.2) is 35.5 Å². The number of hydrogen-bond donors (Lipinski definition) is 1. The van der Waals surface area contributed by atoms with Gasteiger partial charge in [-0.2, -0.15) is 0 Å². The van der Waals surface area contributed by atoms with Gasteiger partial charge in [-0.1, -0.05) is 42.1 Å². The van der Waals surface area contributed by atoms with Crippen molar-refractivity contribution in [1.82, 2.24) is 20.1 Å². The average Bonchev–Trinajstić information content (AvgIpc) is 3.43. The van der Waals surface area contributed by atoms with Gasteiger partial charge in [-0.25, -0.2) is 0 Å². The number of carbonyl (C=O) groups excluding carboxylic acids is 1. The van der Waals surface area contributed by atoms with Crippen LogP contribution < -0.4 is 10.2 Å².